The fraction of sp³-hybridized carbons (Fsp3) is 0.857. The van der Waals surface area contributed by atoms with Gasteiger partial charge in [-0.15, -0.1) is 0 Å². The van der Waals surface area contributed by atoms with Crippen LogP contribution in [0.5, 0.6) is 0 Å². The summed E-state index contributed by atoms with van der Waals surface area (Å²) in [6, 6.07) is -1.64. The molecular weight excluding hydrogens is 260 g/mol. The largest absolute Gasteiger partial charge is 0.480 e. The van der Waals surface area contributed by atoms with Crippen molar-refractivity contribution in [2.75, 3.05) is 0 Å². The number of carboxylic acids is 1. The Bertz CT molecular complexity index is 322. The molecule has 0 bridgehead atoms. The molecular formula is C14H26N2O4. The highest BCUT2D eigenvalue weighted by Gasteiger charge is 2.25. The summed E-state index contributed by atoms with van der Waals surface area (Å²) in [4.78, 5) is 22.9. The van der Waals surface area contributed by atoms with Crippen LogP contribution in [0, 0.1) is 0 Å². The molecule has 20 heavy (non-hydrogen) atoms. The number of aliphatic hydroxyl groups is 1. The fourth-order valence-corrected chi connectivity index (χ4v) is 2.49. The second-order valence-corrected chi connectivity index (χ2v) is 5.46. The van der Waals surface area contributed by atoms with Gasteiger partial charge in [-0.2, -0.15) is 0 Å². The van der Waals surface area contributed by atoms with Crippen LogP contribution < -0.4 is 10.6 Å². The van der Waals surface area contributed by atoms with E-state index in [0.29, 0.717) is 12.8 Å². The number of carbonyl (C=O) groups is 2. The van der Waals surface area contributed by atoms with Gasteiger partial charge in [-0.25, -0.2) is 9.59 Å². The van der Waals surface area contributed by atoms with Crippen LogP contribution in [0.4, 0.5) is 4.79 Å². The van der Waals surface area contributed by atoms with Gasteiger partial charge < -0.3 is 20.8 Å². The molecule has 0 heterocycles. The number of hydrogen-bond donors (Lipinski definition) is 4. The van der Waals surface area contributed by atoms with E-state index in [2.05, 4.69) is 10.6 Å². The summed E-state index contributed by atoms with van der Waals surface area (Å²) >= 11 is 0. The molecule has 2 unspecified atom stereocenters. The van der Waals surface area contributed by atoms with Crippen LogP contribution >= 0.6 is 0 Å². The van der Waals surface area contributed by atoms with Crippen LogP contribution in [0.15, 0.2) is 0 Å². The van der Waals surface area contributed by atoms with Crippen LogP contribution in [0.2, 0.25) is 0 Å². The van der Waals surface area contributed by atoms with Crippen molar-refractivity contribution < 1.29 is 19.8 Å². The van der Waals surface area contributed by atoms with E-state index in [9.17, 15) is 14.7 Å². The molecule has 1 aliphatic rings. The molecule has 0 aromatic rings. The zero-order chi connectivity index (χ0) is 15.0. The predicted molar refractivity (Wildman–Crippen MR) is 75.5 cm³/mol. The van der Waals surface area contributed by atoms with Gasteiger partial charge in [-0.1, -0.05) is 39.0 Å². The van der Waals surface area contributed by atoms with Gasteiger partial charge in [0.1, 0.15) is 6.04 Å². The summed E-state index contributed by atoms with van der Waals surface area (Å²) in [5, 5.41) is 24.2. The van der Waals surface area contributed by atoms with Crippen molar-refractivity contribution in [3.63, 3.8) is 0 Å². The summed E-state index contributed by atoms with van der Waals surface area (Å²) in [6.45, 7) is 1.97. The minimum absolute atomic E-state index is 0.280. The Kier molecular flexibility index (Phi) is 7.36. The minimum atomic E-state index is -1.02. The monoisotopic (exact) mass is 286 g/mol. The van der Waals surface area contributed by atoms with Crippen LogP contribution in [-0.2, 0) is 4.79 Å². The molecule has 1 aliphatic carbocycles. The number of aliphatic hydroxyl groups excluding tert-OH is 1. The Hall–Kier alpha value is -1.30. The molecule has 0 radical (unpaired) electrons. The van der Waals surface area contributed by atoms with Crippen LogP contribution in [0.3, 0.4) is 0 Å². The third-order valence-electron chi connectivity index (χ3n) is 3.75. The molecule has 0 aromatic carbocycles. The molecule has 0 aliphatic heterocycles. The number of unbranched alkanes of at least 4 members (excludes halogenated alkanes) is 1. The van der Waals surface area contributed by atoms with Gasteiger partial charge in [0.2, 0.25) is 0 Å². The highest BCUT2D eigenvalue weighted by Crippen LogP contribution is 2.17. The molecule has 1 saturated carbocycles. The maximum absolute atomic E-state index is 11.9. The van der Waals surface area contributed by atoms with E-state index in [1.807, 2.05) is 6.92 Å². The molecule has 4 N–H and O–H groups in total. The van der Waals surface area contributed by atoms with Crippen molar-refractivity contribution >= 4 is 12.0 Å². The zero-order valence-electron chi connectivity index (χ0n) is 12.1. The molecule has 3 atom stereocenters. The first-order valence-corrected chi connectivity index (χ1v) is 7.52. The van der Waals surface area contributed by atoms with Gasteiger partial charge in [-0.3, -0.25) is 0 Å². The van der Waals surface area contributed by atoms with E-state index in [1.165, 1.54) is 0 Å². The minimum Gasteiger partial charge on any atom is -0.480 e. The van der Waals surface area contributed by atoms with E-state index in [4.69, 9.17) is 5.11 Å². The lowest BCUT2D eigenvalue weighted by Gasteiger charge is -2.23. The number of hydrogen-bond acceptors (Lipinski definition) is 3. The molecule has 2 amide bonds. The number of carbonyl (C=O) groups excluding carboxylic acids is 1. The van der Waals surface area contributed by atoms with Gasteiger partial charge in [0.15, 0.2) is 0 Å². The summed E-state index contributed by atoms with van der Waals surface area (Å²) < 4.78 is 0. The standard InChI is InChI=1S/C14H26N2O4/c1-2-3-7-11(13(18)19)16-14(20)15-10-8-5-4-6-9-12(10)17/h10-12,17H,2-9H2,1H3,(H,18,19)(H2,15,16,20)/t10?,11-,12?/m0/s1. The Morgan fingerprint density at radius 3 is 2.60 bits per heavy atom. The second-order valence-electron chi connectivity index (χ2n) is 5.46. The average Bonchev–Trinajstić information content (AvgIpc) is 2.59. The molecule has 1 rings (SSSR count). The topological polar surface area (TPSA) is 98.7 Å². The molecule has 0 saturated heterocycles. The third kappa shape index (κ3) is 5.77. The third-order valence-corrected chi connectivity index (χ3v) is 3.75. The lowest BCUT2D eigenvalue weighted by atomic mass is 10.1. The molecule has 1 fully saturated rings. The number of carboxylic acid groups (broad SMARTS) is 1. The molecule has 6 nitrogen and oxygen atoms in total. The normalized spacial score (nSPS) is 24.5. The van der Waals surface area contributed by atoms with Gasteiger partial charge in [0, 0.05) is 0 Å². The Morgan fingerprint density at radius 1 is 1.25 bits per heavy atom. The van der Waals surface area contributed by atoms with Gasteiger partial charge in [0.25, 0.3) is 0 Å². The van der Waals surface area contributed by atoms with Crippen LogP contribution in [0.1, 0.15) is 58.3 Å². The number of aliphatic carboxylic acids is 1. The van der Waals surface area contributed by atoms with E-state index in [-0.39, 0.29) is 6.04 Å². The average molecular weight is 286 g/mol. The summed E-state index contributed by atoms with van der Waals surface area (Å²) in [7, 11) is 0. The highest BCUT2D eigenvalue weighted by molar-refractivity contribution is 5.82. The van der Waals surface area contributed by atoms with Gasteiger partial charge in [-0.05, 0) is 19.3 Å². The predicted octanol–water partition coefficient (Wildman–Crippen LogP) is 1.62. The van der Waals surface area contributed by atoms with Crippen molar-refractivity contribution in [2.24, 2.45) is 0 Å². The van der Waals surface area contributed by atoms with E-state index in [1.54, 1.807) is 0 Å². The zero-order valence-corrected chi connectivity index (χ0v) is 12.1. The van der Waals surface area contributed by atoms with Gasteiger partial charge in [0.05, 0.1) is 12.1 Å². The van der Waals surface area contributed by atoms with Crippen LogP contribution in [-0.4, -0.2) is 40.4 Å². The first-order chi connectivity index (χ1) is 9.54. The number of amides is 2. The quantitative estimate of drug-likeness (QED) is 0.558. The highest BCUT2D eigenvalue weighted by atomic mass is 16.4. The lowest BCUT2D eigenvalue weighted by molar-refractivity contribution is -0.139. The lowest BCUT2D eigenvalue weighted by Crippen LogP contribution is -2.51. The van der Waals surface area contributed by atoms with Crippen molar-refractivity contribution in [1.82, 2.24) is 10.6 Å². The Balaban J connectivity index is 2.45. The fourth-order valence-electron chi connectivity index (χ4n) is 2.49. The Labute approximate surface area is 119 Å². The first-order valence-electron chi connectivity index (χ1n) is 7.52. The molecule has 6 heteroatoms. The SMILES string of the molecule is CCCC[C@H](NC(=O)NC1CCCCCC1O)C(=O)O. The van der Waals surface area contributed by atoms with Gasteiger partial charge >= 0.3 is 12.0 Å². The smallest absolute Gasteiger partial charge is 0.326 e. The number of nitrogens with one attached hydrogen (secondary N) is 2. The molecule has 0 spiro atoms. The molecule has 0 aromatic heterocycles. The summed E-state index contributed by atoms with van der Waals surface area (Å²) in [5.74, 6) is -1.02. The molecule has 116 valence electrons. The van der Waals surface area contributed by atoms with Crippen molar-refractivity contribution in [3.8, 4) is 0 Å². The maximum atomic E-state index is 11.9. The summed E-state index contributed by atoms with van der Waals surface area (Å²) in [6.07, 6.45) is 5.94. The maximum Gasteiger partial charge on any atom is 0.326 e. The van der Waals surface area contributed by atoms with E-state index >= 15 is 0 Å². The number of urea groups is 1. The van der Waals surface area contributed by atoms with Crippen molar-refractivity contribution in [2.45, 2.75) is 76.5 Å². The van der Waals surface area contributed by atoms with E-state index < -0.39 is 24.1 Å². The van der Waals surface area contributed by atoms with Crippen LogP contribution in [0.25, 0.3) is 0 Å². The summed E-state index contributed by atoms with van der Waals surface area (Å²) in [5.41, 5.74) is 0. The number of rotatable bonds is 6. The van der Waals surface area contributed by atoms with E-state index in [0.717, 1.165) is 38.5 Å². The Morgan fingerprint density at radius 2 is 1.95 bits per heavy atom. The van der Waals surface area contributed by atoms with Crippen molar-refractivity contribution in [3.05, 3.63) is 0 Å². The second kappa shape index (κ2) is 8.79. The van der Waals surface area contributed by atoms with Crippen molar-refractivity contribution in [1.29, 1.82) is 0 Å². The first kappa shape index (κ1) is 16.8.